The zero-order valence-electron chi connectivity index (χ0n) is 36.7. The van der Waals surface area contributed by atoms with E-state index in [0.717, 1.165) is 66.6 Å². The van der Waals surface area contributed by atoms with Gasteiger partial charge in [0.25, 0.3) is 0 Å². The first-order valence-electron chi connectivity index (χ1n) is 22.9. The Labute approximate surface area is 394 Å². The van der Waals surface area contributed by atoms with Crippen LogP contribution < -0.4 is 0 Å². The van der Waals surface area contributed by atoms with Crippen LogP contribution in [0, 0.1) is 6.57 Å². The Kier molecular flexibility index (Phi) is 9.20. The minimum Gasteiger partial charge on any atom is -0.237 e. The van der Waals surface area contributed by atoms with Crippen molar-refractivity contribution in [1.82, 2.24) is 15.0 Å². The summed E-state index contributed by atoms with van der Waals surface area (Å²) in [6, 6.07) is 80.8. The predicted octanol–water partition coefficient (Wildman–Crippen LogP) is 17.2. The lowest BCUT2D eigenvalue weighted by Gasteiger charge is -2.16. The summed E-state index contributed by atoms with van der Waals surface area (Å²) in [6.45, 7) is 8.63. The second-order valence-corrected chi connectivity index (χ2v) is 17.3. The van der Waals surface area contributed by atoms with E-state index in [2.05, 4.69) is 205 Å². The summed E-state index contributed by atoms with van der Waals surface area (Å²) in [4.78, 5) is 19.8. The minimum absolute atomic E-state index is 0.597. The molecule has 1 aromatic heterocycles. The van der Waals surface area contributed by atoms with Crippen LogP contribution in [-0.2, 0) is 0 Å². The Morgan fingerprint density at radius 2 is 0.735 bits per heavy atom. The molecule has 0 N–H and O–H groups in total. The number of aromatic nitrogens is 3. The van der Waals surface area contributed by atoms with E-state index in [1.807, 2.05) is 30.3 Å². The highest BCUT2D eigenvalue weighted by molar-refractivity contribution is 6.18. The molecule has 0 amide bonds. The molecule has 4 nitrogen and oxygen atoms in total. The number of hydrogen-bond donors (Lipinski definition) is 0. The third kappa shape index (κ3) is 6.41. The lowest BCUT2D eigenvalue weighted by atomic mass is 9.88. The fourth-order valence-corrected chi connectivity index (χ4v) is 10.4. The molecule has 0 spiro atoms. The van der Waals surface area contributed by atoms with Gasteiger partial charge in [-0.25, -0.2) is 19.8 Å². The number of hydrogen-bond acceptors (Lipinski definition) is 3. The third-order valence-corrected chi connectivity index (χ3v) is 13.5. The molecule has 0 saturated carbocycles. The normalized spacial score (nSPS) is 11.5. The van der Waals surface area contributed by atoms with Crippen LogP contribution in [0.5, 0.6) is 0 Å². The SMILES string of the molecule is [C-]#[N+]c1c(-c2cccc(-c3cccc(-c4nc(-c5ccccc5)nc(-c5ccc6c7c(cccc57)-c5ccccc5-6)n4)c3)c2)cccc1-c1ccccc1-c1cccc2c1ccc1ccccc12. The molecular weight excluding hydrogens is 825 g/mol. The maximum atomic E-state index is 8.63. The van der Waals surface area contributed by atoms with Gasteiger partial charge >= 0.3 is 0 Å². The van der Waals surface area contributed by atoms with Crippen molar-refractivity contribution in [2.45, 2.75) is 0 Å². The Balaban J connectivity index is 0.898. The lowest BCUT2D eigenvalue weighted by Crippen LogP contribution is -2.00. The van der Waals surface area contributed by atoms with Gasteiger partial charge in [0, 0.05) is 16.7 Å². The van der Waals surface area contributed by atoms with Crippen LogP contribution in [0.25, 0.3) is 138 Å². The third-order valence-electron chi connectivity index (χ3n) is 13.5. The number of rotatable bonds is 7. The van der Waals surface area contributed by atoms with E-state index >= 15 is 0 Å². The van der Waals surface area contributed by atoms with Crippen molar-refractivity contribution in [3.8, 4) is 101 Å². The quantitative estimate of drug-likeness (QED) is 0.118. The molecule has 68 heavy (non-hydrogen) atoms. The summed E-state index contributed by atoms with van der Waals surface area (Å²) in [6.07, 6.45) is 0. The number of nitrogens with zero attached hydrogens (tertiary/aromatic N) is 4. The number of benzene rings is 11. The molecule has 1 heterocycles. The van der Waals surface area contributed by atoms with E-state index < -0.39 is 0 Å². The Morgan fingerprint density at radius 3 is 1.50 bits per heavy atom. The molecule has 0 unspecified atom stereocenters. The van der Waals surface area contributed by atoms with Gasteiger partial charge in [-0.3, -0.25) is 0 Å². The van der Waals surface area contributed by atoms with Gasteiger partial charge in [-0.15, -0.1) is 0 Å². The van der Waals surface area contributed by atoms with E-state index in [-0.39, 0.29) is 0 Å². The molecule has 0 atom stereocenters. The van der Waals surface area contributed by atoms with Crippen LogP contribution >= 0.6 is 0 Å². The maximum Gasteiger partial charge on any atom is 0.202 e. The van der Waals surface area contributed by atoms with Gasteiger partial charge in [0.05, 0.1) is 6.57 Å². The topological polar surface area (TPSA) is 43.0 Å². The monoisotopic (exact) mass is 862 g/mol. The van der Waals surface area contributed by atoms with Crippen LogP contribution in [-0.4, -0.2) is 15.0 Å². The molecule has 1 aliphatic carbocycles. The van der Waals surface area contributed by atoms with Crippen molar-refractivity contribution in [2.24, 2.45) is 0 Å². The molecule has 12 aromatic rings. The predicted molar refractivity (Wildman–Crippen MR) is 281 cm³/mol. The maximum absolute atomic E-state index is 8.63. The standard InChI is InChI=1S/C64H38N4/c1-65-61-47(28-13-33-58(61)53-27-10-7-24-49(53)50-30-14-29-48-46-23-6-5-16-40(46)34-35-54(48)50)44-21-11-19-42(38-44)43-20-12-22-45(39-43)63-66-62(41-17-3-2-4-18-41)67-64(68-63)59-37-36-57-52-26-9-8-25-51(52)55-31-15-32-56(59)60(55)57/h2-39H. The first kappa shape index (κ1) is 39.1. The van der Waals surface area contributed by atoms with Crippen LogP contribution in [0.4, 0.5) is 5.69 Å². The molecule has 0 aliphatic heterocycles. The van der Waals surface area contributed by atoms with Gasteiger partial charge in [-0.2, -0.15) is 0 Å². The van der Waals surface area contributed by atoms with Crippen molar-refractivity contribution < 1.29 is 0 Å². The Bertz CT molecular complexity index is 4020. The highest BCUT2D eigenvalue weighted by atomic mass is 15.0. The van der Waals surface area contributed by atoms with Gasteiger partial charge in [0.15, 0.2) is 17.5 Å². The van der Waals surface area contributed by atoms with E-state index in [1.54, 1.807) is 0 Å². The molecule has 314 valence electrons. The van der Waals surface area contributed by atoms with Crippen molar-refractivity contribution >= 4 is 38.0 Å². The summed E-state index contributed by atoms with van der Waals surface area (Å²) < 4.78 is 0. The van der Waals surface area contributed by atoms with E-state index in [4.69, 9.17) is 21.5 Å². The van der Waals surface area contributed by atoms with Gasteiger partial charge < -0.3 is 0 Å². The van der Waals surface area contributed by atoms with Gasteiger partial charge in [-0.05, 0) is 117 Å². The van der Waals surface area contributed by atoms with Crippen molar-refractivity contribution in [2.75, 3.05) is 0 Å². The van der Waals surface area contributed by atoms with E-state index in [1.165, 1.54) is 49.2 Å². The lowest BCUT2D eigenvalue weighted by molar-refractivity contribution is 1.08. The average Bonchev–Trinajstić information content (AvgIpc) is 3.75. The minimum atomic E-state index is 0.597. The van der Waals surface area contributed by atoms with Crippen LogP contribution in [0.3, 0.4) is 0 Å². The molecule has 0 fully saturated rings. The second kappa shape index (κ2) is 16.0. The number of para-hydroxylation sites is 1. The zero-order valence-corrected chi connectivity index (χ0v) is 36.7. The number of fused-ring (bicyclic) bond motifs is 6. The molecule has 4 heteroatoms. The zero-order chi connectivity index (χ0) is 45.1. The van der Waals surface area contributed by atoms with Crippen molar-refractivity contribution in [1.29, 1.82) is 0 Å². The second-order valence-electron chi connectivity index (χ2n) is 17.3. The average molecular weight is 863 g/mol. The summed E-state index contributed by atoms with van der Waals surface area (Å²) in [7, 11) is 0. The summed E-state index contributed by atoms with van der Waals surface area (Å²) in [5, 5.41) is 7.19. The largest absolute Gasteiger partial charge is 0.237 e. The van der Waals surface area contributed by atoms with Crippen LogP contribution in [0.1, 0.15) is 0 Å². The highest BCUT2D eigenvalue weighted by Gasteiger charge is 2.24. The fraction of sp³-hybridized carbons (Fsp3) is 0. The molecule has 1 aliphatic rings. The molecule has 11 aromatic carbocycles. The summed E-state index contributed by atoms with van der Waals surface area (Å²) in [5.41, 5.74) is 16.4. The molecule has 0 saturated heterocycles. The first-order chi connectivity index (χ1) is 33.7. The Hall–Kier alpha value is -9.30. The Morgan fingerprint density at radius 1 is 0.265 bits per heavy atom. The van der Waals surface area contributed by atoms with Crippen molar-refractivity contribution in [3.63, 3.8) is 0 Å². The van der Waals surface area contributed by atoms with Gasteiger partial charge in [-0.1, -0.05) is 212 Å². The van der Waals surface area contributed by atoms with Gasteiger partial charge in [0.2, 0.25) is 5.69 Å². The molecule has 0 bridgehead atoms. The summed E-state index contributed by atoms with van der Waals surface area (Å²) in [5.74, 6) is 1.84. The smallest absolute Gasteiger partial charge is 0.202 e. The highest BCUT2D eigenvalue weighted by Crippen LogP contribution is 2.49. The van der Waals surface area contributed by atoms with E-state index in [0.29, 0.717) is 23.2 Å². The summed E-state index contributed by atoms with van der Waals surface area (Å²) >= 11 is 0. The molecule has 0 radical (unpaired) electrons. The van der Waals surface area contributed by atoms with Crippen LogP contribution in [0.15, 0.2) is 231 Å². The fourth-order valence-electron chi connectivity index (χ4n) is 10.4. The van der Waals surface area contributed by atoms with Gasteiger partial charge in [0.1, 0.15) is 0 Å². The molecular formula is C64H38N4. The van der Waals surface area contributed by atoms with Crippen molar-refractivity contribution in [3.05, 3.63) is 242 Å². The molecule has 13 rings (SSSR count). The van der Waals surface area contributed by atoms with Crippen LogP contribution in [0.2, 0.25) is 0 Å². The first-order valence-corrected chi connectivity index (χ1v) is 22.9. The van der Waals surface area contributed by atoms with E-state index in [9.17, 15) is 0 Å².